The van der Waals surface area contributed by atoms with Crippen LogP contribution < -0.4 is 0 Å². The zero-order chi connectivity index (χ0) is 24.0. The van der Waals surface area contributed by atoms with E-state index in [4.69, 9.17) is 4.74 Å². The molecule has 0 bridgehead atoms. The number of rotatable bonds is 7. The maximum atomic E-state index is 13.2. The summed E-state index contributed by atoms with van der Waals surface area (Å²) in [5.74, 6) is -0.901. The Morgan fingerprint density at radius 1 is 1.21 bits per heavy atom. The summed E-state index contributed by atoms with van der Waals surface area (Å²) in [6, 6.07) is 0. The largest absolute Gasteiger partial charge is 0.450 e. The molecule has 1 saturated carbocycles. The first-order valence-corrected chi connectivity index (χ1v) is 12.3. The van der Waals surface area contributed by atoms with Crippen molar-refractivity contribution in [2.75, 3.05) is 6.61 Å². The van der Waals surface area contributed by atoms with Gasteiger partial charge in [-0.15, -0.1) is 0 Å². The minimum Gasteiger partial charge on any atom is -0.450 e. The minimum absolute atomic E-state index is 0.0396. The van der Waals surface area contributed by atoms with E-state index in [0.29, 0.717) is 25.7 Å². The third-order valence-corrected chi connectivity index (χ3v) is 8.94. The Labute approximate surface area is 195 Å². The molecule has 6 nitrogen and oxygen atoms in total. The number of hydrogen-bond acceptors (Lipinski definition) is 6. The number of carbonyl (C=O) groups is 3. The van der Waals surface area contributed by atoms with Gasteiger partial charge in [-0.1, -0.05) is 43.1 Å². The van der Waals surface area contributed by atoms with Gasteiger partial charge in [-0.3, -0.25) is 14.4 Å². The topological polar surface area (TPSA) is 101 Å². The molecule has 1 unspecified atom stereocenters. The van der Waals surface area contributed by atoms with E-state index in [1.807, 2.05) is 19.9 Å². The molecule has 4 aliphatic carbocycles. The molecule has 0 aromatic heterocycles. The molecule has 4 aliphatic rings. The van der Waals surface area contributed by atoms with Gasteiger partial charge in [0.25, 0.3) is 0 Å². The quantitative estimate of drug-likeness (QED) is 0.447. The average Bonchev–Trinajstić information content (AvgIpc) is 3.06. The first-order chi connectivity index (χ1) is 15.6. The van der Waals surface area contributed by atoms with Gasteiger partial charge >= 0.3 is 5.97 Å². The van der Waals surface area contributed by atoms with Crippen molar-refractivity contribution in [3.05, 3.63) is 34.9 Å². The van der Waals surface area contributed by atoms with Crippen molar-refractivity contribution in [1.82, 2.24) is 0 Å². The maximum absolute atomic E-state index is 13.2. The number of aliphatic hydroxyl groups is 2. The fourth-order valence-electron chi connectivity index (χ4n) is 7.14. The van der Waals surface area contributed by atoms with Gasteiger partial charge < -0.3 is 14.9 Å². The summed E-state index contributed by atoms with van der Waals surface area (Å²) >= 11 is 0. The van der Waals surface area contributed by atoms with Crippen LogP contribution in [-0.2, 0) is 19.1 Å². The van der Waals surface area contributed by atoms with Gasteiger partial charge in [0.15, 0.2) is 11.4 Å². The highest BCUT2D eigenvalue weighted by molar-refractivity contribution is 6.01. The summed E-state index contributed by atoms with van der Waals surface area (Å²) in [5.41, 5.74) is 1.58. The van der Waals surface area contributed by atoms with E-state index < -0.39 is 35.5 Å². The van der Waals surface area contributed by atoms with Gasteiger partial charge in [0, 0.05) is 10.8 Å². The van der Waals surface area contributed by atoms with E-state index in [9.17, 15) is 24.6 Å². The van der Waals surface area contributed by atoms with Crippen LogP contribution in [0.2, 0.25) is 0 Å². The van der Waals surface area contributed by atoms with Gasteiger partial charge in [0.05, 0.1) is 12.5 Å². The Bertz CT molecular complexity index is 958. The molecule has 1 fully saturated rings. The molecule has 33 heavy (non-hydrogen) atoms. The summed E-state index contributed by atoms with van der Waals surface area (Å²) in [6.07, 6.45) is 9.93. The first kappa shape index (κ1) is 24.1. The molecular formula is C27H36O6. The average molecular weight is 457 g/mol. The van der Waals surface area contributed by atoms with Crippen molar-refractivity contribution in [3.63, 3.8) is 0 Å². The summed E-state index contributed by atoms with van der Waals surface area (Å²) < 4.78 is 5.97. The Hall–Kier alpha value is -2.05. The lowest BCUT2D eigenvalue weighted by molar-refractivity contribution is -0.185. The Kier molecular flexibility index (Phi) is 6.29. The first-order valence-electron chi connectivity index (χ1n) is 12.3. The third kappa shape index (κ3) is 3.66. The van der Waals surface area contributed by atoms with Crippen LogP contribution in [0.5, 0.6) is 0 Å². The summed E-state index contributed by atoms with van der Waals surface area (Å²) in [4.78, 5) is 37.9. The molecule has 0 saturated heterocycles. The van der Waals surface area contributed by atoms with Crippen molar-refractivity contribution in [2.45, 2.75) is 90.3 Å². The van der Waals surface area contributed by atoms with E-state index in [2.05, 4.69) is 6.92 Å². The summed E-state index contributed by atoms with van der Waals surface area (Å²) in [6.45, 7) is 5.47. The number of allylic oxidation sites excluding steroid dienone is 6. The predicted octanol–water partition coefficient (Wildman–Crippen LogP) is 3.75. The van der Waals surface area contributed by atoms with Crippen LogP contribution in [0.1, 0.15) is 78.6 Å². The van der Waals surface area contributed by atoms with Crippen LogP contribution in [0.4, 0.5) is 0 Å². The summed E-state index contributed by atoms with van der Waals surface area (Å²) in [7, 11) is 0. The molecule has 0 heterocycles. The molecule has 0 aliphatic heterocycles. The van der Waals surface area contributed by atoms with Gasteiger partial charge in [-0.25, -0.2) is 0 Å². The lowest BCUT2D eigenvalue weighted by Crippen LogP contribution is -2.57. The normalized spacial score (nSPS) is 36.0. The second-order valence-electron chi connectivity index (χ2n) is 10.6. The standard InChI is InChI=1S/C27H36O6/c1-4-5-18(29)15-24(32)33-27(23(31)16-28)13-10-22-20-7-6-17-14-19(30)8-11-25(17,2)21(20)9-12-26(22,27)3/h8,11,14,18,22,28-29H,4-7,9-10,12-13,15-16H2,1-3H3/t18?,22-,25-,26-,27-/m0/s1. The monoisotopic (exact) mass is 456 g/mol. The van der Waals surface area contributed by atoms with Crippen molar-refractivity contribution >= 4 is 17.5 Å². The number of esters is 1. The Morgan fingerprint density at radius 3 is 2.67 bits per heavy atom. The highest BCUT2D eigenvalue weighted by atomic mass is 16.6. The fraction of sp³-hybridized carbons (Fsp3) is 0.667. The minimum atomic E-state index is -1.37. The number of fused-ring (bicyclic) bond motifs is 4. The van der Waals surface area contributed by atoms with E-state index in [1.54, 1.807) is 12.2 Å². The van der Waals surface area contributed by atoms with Crippen molar-refractivity contribution in [2.24, 2.45) is 16.7 Å². The molecule has 4 rings (SSSR count). The fourth-order valence-corrected chi connectivity index (χ4v) is 7.14. The second-order valence-corrected chi connectivity index (χ2v) is 10.6. The molecule has 0 aromatic rings. The van der Waals surface area contributed by atoms with Crippen LogP contribution >= 0.6 is 0 Å². The summed E-state index contributed by atoms with van der Waals surface area (Å²) in [5, 5.41) is 19.9. The lowest BCUT2D eigenvalue weighted by Gasteiger charge is -2.52. The molecular weight excluding hydrogens is 420 g/mol. The number of carbonyl (C=O) groups excluding carboxylic acids is 3. The maximum Gasteiger partial charge on any atom is 0.309 e. The SMILES string of the molecule is CCCC(O)CC(=O)O[C@]1(C(=O)CO)CC[C@H]2C3=C(CC[C@@]21C)[C@@]1(C)C=CC(=O)C=C1CC3. The van der Waals surface area contributed by atoms with E-state index in [1.165, 1.54) is 11.1 Å². The molecule has 2 N–H and O–H groups in total. The van der Waals surface area contributed by atoms with Gasteiger partial charge in [0.2, 0.25) is 5.78 Å². The molecule has 180 valence electrons. The number of Topliss-reactive ketones (excluding diaryl/α,β-unsaturated/α-hetero) is 1. The Balaban J connectivity index is 1.69. The van der Waals surface area contributed by atoms with Crippen molar-refractivity contribution < 1.29 is 29.3 Å². The number of aliphatic hydroxyl groups excluding tert-OH is 2. The second kappa shape index (κ2) is 8.62. The number of ketones is 2. The van der Waals surface area contributed by atoms with Crippen LogP contribution in [0, 0.1) is 16.7 Å². The lowest BCUT2D eigenvalue weighted by atomic mass is 9.53. The third-order valence-electron chi connectivity index (χ3n) is 8.94. The molecule has 0 radical (unpaired) electrons. The molecule has 0 amide bonds. The molecule has 5 atom stereocenters. The number of ether oxygens (including phenoxy) is 1. The van der Waals surface area contributed by atoms with Crippen LogP contribution in [0.25, 0.3) is 0 Å². The molecule has 0 aromatic carbocycles. The van der Waals surface area contributed by atoms with E-state index >= 15 is 0 Å². The zero-order valence-corrected chi connectivity index (χ0v) is 20.0. The van der Waals surface area contributed by atoms with E-state index in [0.717, 1.165) is 31.3 Å². The van der Waals surface area contributed by atoms with Crippen LogP contribution in [0.3, 0.4) is 0 Å². The predicted molar refractivity (Wildman–Crippen MR) is 123 cm³/mol. The number of hydrogen-bond donors (Lipinski definition) is 2. The van der Waals surface area contributed by atoms with Crippen LogP contribution in [-0.4, -0.2) is 46.1 Å². The van der Waals surface area contributed by atoms with Gasteiger partial charge in [0.1, 0.15) is 6.61 Å². The molecule has 0 spiro atoms. The van der Waals surface area contributed by atoms with E-state index in [-0.39, 0.29) is 23.5 Å². The van der Waals surface area contributed by atoms with Crippen LogP contribution in [0.15, 0.2) is 34.9 Å². The zero-order valence-electron chi connectivity index (χ0n) is 20.0. The van der Waals surface area contributed by atoms with Crippen molar-refractivity contribution in [3.8, 4) is 0 Å². The molecule has 6 heteroatoms. The Morgan fingerprint density at radius 2 is 1.97 bits per heavy atom. The highest BCUT2D eigenvalue weighted by Crippen LogP contribution is 2.65. The highest BCUT2D eigenvalue weighted by Gasteiger charge is 2.66. The smallest absolute Gasteiger partial charge is 0.309 e. The van der Waals surface area contributed by atoms with Gasteiger partial charge in [-0.2, -0.15) is 0 Å². The van der Waals surface area contributed by atoms with Crippen molar-refractivity contribution in [1.29, 1.82) is 0 Å². The van der Waals surface area contributed by atoms with Gasteiger partial charge in [-0.05, 0) is 69.9 Å².